The summed E-state index contributed by atoms with van der Waals surface area (Å²) in [6.07, 6.45) is 0.621. The first kappa shape index (κ1) is 13.6. The Morgan fingerprint density at radius 3 is 2.47 bits per heavy atom. The van der Waals surface area contributed by atoms with E-state index in [1.54, 1.807) is 17.5 Å². The van der Waals surface area contributed by atoms with Gasteiger partial charge in [0.2, 0.25) is 6.23 Å². The second kappa shape index (κ2) is 6.28. The van der Waals surface area contributed by atoms with Crippen molar-refractivity contribution in [3.63, 3.8) is 0 Å². The van der Waals surface area contributed by atoms with Crippen LogP contribution in [-0.4, -0.2) is 46.0 Å². The molecule has 3 N–H and O–H groups in total. The van der Waals surface area contributed by atoms with Crippen LogP contribution in [-0.2, 0) is 14.3 Å². The lowest BCUT2D eigenvalue weighted by molar-refractivity contribution is -0.148. The maximum Gasteiger partial charge on any atom is 0.348 e. The van der Waals surface area contributed by atoms with E-state index in [9.17, 15) is 9.59 Å². The van der Waals surface area contributed by atoms with Crippen molar-refractivity contribution in [1.29, 1.82) is 0 Å². The van der Waals surface area contributed by atoms with E-state index in [0.29, 0.717) is 0 Å². The Bertz CT molecular complexity index is 361. The molecule has 0 radical (unpaired) electrons. The number of thiazole rings is 1. The van der Waals surface area contributed by atoms with Crippen molar-refractivity contribution in [2.75, 3.05) is 6.61 Å². The standard InChI is InChI=1S/C5H7NO5.C4H5NS/c7-4(8)2-1-11-3(6-2)5(9)10;1-4-5-2-3-6-4/h2-3,6H,1H2,(H,7,8)(H,9,10);2-3H,1H3. The lowest BCUT2D eigenvalue weighted by Crippen LogP contribution is -2.40. The van der Waals surface area contributed by atoms with Gasteiger partial charge in [-0.25, -0.2) is 4.79 Å². The number of aryl methyl sites for hydroxylation is 1. The average molecular weight is 260 g/mol. The lowest BCUT2D eigenvalue weighted by atomic mass is 10.3. The van der Waals surface area contributed by atoms with Crippen LogP contribution in [0.3, 0.4) is 0 Å². The Kier molecular flexibility index (Phi) is 5.01. The molecule has 1 aliphatic heterocycles. The SMILES string of the molecule is Cc1nccs1.O=C(O)C1COC(C(=O)O)N1. The second-order valence-electron chi connectivity index (χ2n) is 3.16. The van der Waals surface area contributed by atoms with E-state index < -0.39 is 24.2 Å². The summed E-state index contributed by atoms with van der Waals surface area (Å²) in [5, 5.41) is 22.1. The number of carbonyl (C=O) groups is 2. The maximum absolute atomic E-state index is 10.2. The predicted octanol–water partition coefficient (Wildman–Crippen LogP) is -0.0784. The van der Waals surface area contributed by atoms with Crippen molar-refractivity contribution in [2.24, 2.45) is 0 Å². The zero-order valence-corrected chi connectivity index (χ0v) is 9.81. The highest BCUT2D eigenvalue weighted by Crippen LogP contribution is 2.02. The molecule has 1 saturated heterocycles. The van der Waals surface area contributed by atoms with Crippen molar-refractivity contribution in [3.8, 4) is 0 Å². The third-order valence-corrected chi connectivity index (χ3v) is 2.56. The van der Waals surface area contributed by atoms with Gasteiger partial charge >= 0.3 is 11.9 Å². The van der Waals surface area contributed by atoms with Crippen LogP contribution >= 0.6 is 11.3 Å². The van der Waals surface area contributed by atoms with E-state index in [4.69, 9.17) is 10.2 Å². The molecule has 1 fully saturated rings. The minimum absolute atomic E-state index is 0.105. The maximum atomic E-state index is 10.2. The highest BCUT2D eigenvalue weighted by atomic mass is 32.1. The molecule has 0 bridgehead atoms. The fourth-order valence-corrected chi connectivity index (χ4v) is 1.49. The van der Waals surface area contributed by atoms with Gasteiger partial charge in [-0.1, -0.05) is 0 Å². The van der Waals surface area contributed by atoms with Gasteiger partial charge in [0.25, 0.3) is 0 Å². The Morgan fingerprint density at radius 2 is 2.24 bits per heavy atom. The molecule has 0 spiro atoms. The highest BCUT2D eigenvalue weighted by molar-refractivity contribution is 7.09. The van der Waals surface area contributed by atoms with Gasteiger partial charge in [0.1, 0.15) is 6.04 Å². The molecule has 0 saturated carbocycles. The largest absolute Gasteiger partial charge is 0.480 e. The number of aromatic nitrogens is 1. The quantitative estimate of drug-likeness (QED) is 0.682. The van der Waals surface area contributed by atoms with Crippen molar-refractivity contribution >= 4 is 23.3 Å². The predicted molar refractivity (Wildman–Crippen MR) is 58.8 cm³/mol. The molecule has 1 aromatic rings. The first-order valence-corrected chi connectivity index (χ1v) is 5.58. The monoisotopic (exact) mass is 260 g/mol. The number of carboxylic acid groups (broad SMARTS) is 2. The smallest absolute Gasteiger partial charge is 0.348 e. The number of nitrogens with zero attached hydrogens (tertiary/aromatic N) is 1. The van der Waals surface area contributed by atoms with E-state index in [2.05, 4.69) is 15.0 Å². The summed E-state index contributed by atoms with van der Waals surface area (Å²) in [6.45, 7) is 1.89. The third kappa shape index (κ3) is 4.47. The molecule has 8 heteroatoms. The van der Waals surface area contributed by atoms with Gasteiger partial charge in [0, 0.05) is 11.6 Å². The van der Waals surface area contributed by atoms with Crippen molar-refractivity contribution in [2.45, 2.75) is 19.2 Å². The zero-order valence-electron chi connectivity index (χ0n) is 8.99. The van der Waals surface area contributed by atoms with E-state index in [1.165, 1.54) is 0 Å². The Labute approximate surface area is 101 Å². The number of aliphatic carboxylic acids is 2. The molecule has 1 aliphatic rings. The van der Waals surface area contributed by atoms with Crippen LogP contribution in [0, 0.1) is 6.92 Å². The van der Waals surface area contributed by atoms with Gasteiger partial charge in [0.05, 0.1) is 11.6 Å². The molecule has 2 heterocycles. The first-order chi connectivity index (χ1) is 8.00. The topological polar surface area (TPSA) is 109 Å². The number of ether oxygens (including phenoxy) is 1. The summed E-state index contributed by atoms with van der Waals surface area (Å²) in [6, 6.07) is -0.906. The molecule has 0 amide bonds. The van der Waals surface area contributed by atoms with Crippen molar-refractivity contribution < 1.29 is 24.5 Å². The summed E-state index contributed by atoms with van der Waals surface area (Å²) < 4.78 is 4.60. The van der Waals surface area contributed by atoms with Crippen molar-refractivity contribution in [3.05, 3.63) is 16.6 Å². The molecule has 1 aromatic heterocycles. The number of hydrogen-bond acceptors (Lipinski definition) is 6. The van der Waals surface area contributed by atoms with Gasteiger partial charge in [0.15, 0.2) is 0 Å². The van der Waals surface area contributed by atoms with Crippen LogP contribution < -0.4 is 5.32 Å². The van der Waals surface area contributed by atoms with Crippen LogP contribution in [0.25, 0.3) is 0 Å². The minimum Gasteiger partial charge on any atom is -0.480 e. The molecular formula is C9H12N2O5S. The van der Waals surface area contributed by atoms with E-state index in [0.717, 1.165) is 5.01 Å². The normalized spacial score (nSPS) is 22.6. The van der Waals surface area contributed by atoms with Gasteiger partial charge in [-0.3, -0.25) is 15.1 Å². The minimum atomic E-state index is -1.20. The number of rotatable bonds is 2. The van der Waals surface area contributed by atoms with E-state index in [-0.39, 0.29) is 6.61 Å². The van der Waals surface area contributed by atoms with Gasteiger partial charge in [-0.05, 0) is 6.92 Å². The van der Waals surface area contributed by atoms with Gasteiger partial charge in [-0.2, -0.15) is 0 Å². The third-order valence-electron chi connectivity index (χ3n) is 1.86. The second-order valence-corrected chi connectivity index (χ2v) is 4.26. The number of hydrogen-bond donors (Lipinski definition) is 3. The summed E-state index contributed by atoms with van der Waals surface area (Å²) in [5.74, 6) is -2.30. The zero-order chi connectivity index (χ0) is 12.8. The van der Waals surface area contributed by atoms with Gasteiger partial charge < -0.3 is 14.9 Å². The summed E-state index contributed by atoms with van der Waals surface area (Å²) in [4.78, 5) is 24.4. The summed E-state index contributed by atoms with van der Waals surface area (Å²) in [5.41, 5.74) is 0. The number of carboxylic acids is 2. The molecule has 7 nitrogen and oxygen atoms in total. The molecular weight excluding hydrogens is 248 g/mol. The lowest BCUT2D eigenvalue weighted by Gasteiger charge is -2.02. The number of nitrogens with one attached hydrogen (secondary N) is 1. The Hall–Kier alpha value is -1.51. The average Bonchev–Trinajstić information content (AvgIpc) is 2.87. The molecule has 2 unspecified atom stereocenters. The van der Waals surface area contributed by atoms with E-state index in [1.807, 2.05) is 12.3 Å². The molecule has 2 atom stereocenters. The fraction of sp³-hybridized carbons (Fsp3) is 0.444. The Balaban J connectivity index is 0.000000202. The van der Waals surface area contributed by atoms with Crippen LogP contribution in [0.5, 0.6) is 0 Å². The highest BCUT2D eigenvalue weighted by Gasteiger charge is 2.33. The van der Waals surface area contributed by atoms with E-state index >= 15 is 0 Å². The molecule has 0 aliphatic carbocycles. The summed E-state index contributed by atoms with van der Waals surface area (Å²) >= 11 is 1.67. The van der Waals surface area contributed by atoms with Crippen LogP contribution in [0.2, 0.25) is 0 Å². The fourth-order valence-electron chi connectivity index (χ4n) is 1.05. The molecule has 0 aromatic carbocycles. The van der Waals surface area contributed by atoms with Crippen molar-refractivity contribution in [1.82, 2.24) is 10.3 Å². The molecule has 17 heavy (non-hydrogen) atoms. The van der Waals surface area contributed by atoms with Gasteiger partial charge in [-0.15, -0.1) is 11.3 Å². The molecule has 94 valence electrons. The first-order valence-electron chi connectivity index (χ1n) is 4.70. The van der Waals surface area contributed by atoms with Crippen LogP contribution in [0.15, 0.2) is 11.6 Å². The Morgan fingerprint density at radius 1 is 1.53 bits per heavy atom. The molecule has 2 rings (SSSR count). The van der Waals surface area contributed by atoms with Crippen LogP contribution in [0.4, 0.5) is 0 Å². The summed E-state index contributed by atoms with van der Waals surface area (Å²) in [7, 11) is 0. The van der Waals surface area contributed by atoms with Crippen LogP contribution in [0.1, 0.15) is 5.01 Å².